The first-order chi connectivity index (χ1) is 23.0. The number of nitriles is 1. The van der Waals surface area contributed by atoms with Crippen molar-refractivity contribution in [1.82, 2.24) is 19.8 Å². The maximum absolute atomic E-state index is 13.6. The molecule has 4 fully saturated rings. The lowest BCUT2D eigenvalue weighted by Crippen LogP contribution is -2.57. The van der Waals surface area contributed by atoms with Gasteiger partial charge in [-0.05, 0) is 69.1 Å². The van der Waals surface area contributed by atoms with E-state index in [9.17, 15) is 10.1 Å². The van der Waals surface area contributed by atoms with Gasteiger partial charge in [-0.2, -0.15) is 15.2 Å². The molecule has 1 aliphatic carbocycles. The van der Waals surface area contributed by atoms with E-state index in [-0.39, 0.29) is 30.6 Å². The van der Waals surface area contributed by atoms with Gasteiger partial charge < -0.3 is 29.1 Å². The highest BCUT2D eigenvalue weighted by atomic mass is 35.5. The van der Waals surface area contributed by atoms with Crippen molar-refractivity contribution >= 4 is 39.8 Å². The number of rotatable bonds is 8. The van der Waals surface area contributed by atoms with Gasteiger partial charge in [-0.1, -0.05) is 42.3 Å². The summed E-state index contributed by atoms with van der Waals surface area (Å²) in [6.45, 7) is 4.72. The van der Waals surface area contributed by atoms with Crippen molar-refractivity contribution < 1.29 is 14.3 Å². The summed E-state index contributed by atoms with van der Waals surface area (Å²) in [7, 11) is 2.14. The Morgan fingerprint density at radius 1 is 1.04 bits per heavy atom. The standard InChI is InChI=1S/C36H42ClN7O3/c1-41-16-5-10-26(41)22-46-36-39-29-21-42(30-12-4-7-23-6-3-11-28(37)31(23)30)17-14-27(29)34(40-36)43-18-19-44(25(20-43)13-15-38)35(45)33-32(47-33)24-8-2-9-24/h3-4,6-7,11-12,24-26,32-33H,2,5,8-10,13-14,16-22H2,1H3/t25-,26-,32-,33+/m0/s1. The quantitative estimate of drug-likeness (QED) is 0.316. The van der Waals surface area contributed by atoms with Crippen LogP contribution in [0.5, 0.6) is 6.01 Å². The van der Waals surface area contributed by atoms with Gasteiger partial charge in [-0.25, -0.2) is 0 Å². The molecule has 4 aliphatic heterocycles. The first-order valence-corrected chi connectivity index (χ1v) is 17.6. The van der Waals surface area contributed by atoms with Crippen LogP contribution in [0.15, 0.2) is 36.4 Å². The molecule has 1 saturated carbocycles. The summed E-state index contributed by atoms with van der Waals surface area (Å²) in [6, 6.07) is 15.2. The van der Waals surface area contributed by atoms with Crippen LogP contribution in [-0.4, -0.2) is 96.3 Å². The number of hydrogen-bond donors (Lipinski definition) is 0. The van der Waals surface area contributed by atoms with Gasteiger partial charge in [0, 0.05) is 48.9 Å². The number of hydrogen-bond acceptors (Lipinski definition) is 9. The van der Waals surface area contributed by atoms with Crippen LogP contribution in [-0.2, 0) is 22.5 Å². The molecule has 11 heteroatoms. The number of nitrogens with zero attached hydrogens (tertiary/aromatic N) is 7. The molecule has 5 heterocycles. The molecule has 4 atom stereocenters. The molecule has 5 aliphatic rings. The number of amides is 1. The molecule has 0 radical (unpaired) electrons. The molecule has 0 N–H and O–H groups in total. The zero-order valence-electron chi connectivity index (χ0n) is 27.0. The van der Waals surface area contributed by atoms with Crippen LogP contribution in [0, 0.1) is 17.2 Å². The molecule has 1 amide bonds. The number of aromatic nitrogens is 2. The van der Waals surface area contributed by atoms with Crippen molar-refractivity contribution in [2.75, 3.05) is 56.2 Å². The third-order valence-corrected chi connectivity index (χ3v) is 11.4. The van der Waals surface area contributed by atoms with Gasteiger partial charge in [0.15, 0.2) is 6.10 Å². The molecule has 3 aromatic rings. The van der Waals surface area contributed by atoms with Crippen LogP contribution in [0.2, 0.25) is 5.02 Å². The maximum Gasteiger partial charge on any atom is 0.318 e. The van der Waals surface area contributed by atoms with E-state index in [1.807, 2.05) is 17.0 Å². The summed E-state index contributed by atoms with van der Waals surface area (Å²) in [4.78, 5) is 32.5. The van der Waals surface area contributed by atoms with Crippen LogP contribution < -0.4 is 14.5 Å². The van der Waals surface area contributed by atoms with Crippen molar-refractivity contribution in [2.24, 2.45) is 5.92 Å². The molecule has 10 nitrogen and oxygen atoms in total. The number of anilines is 2. The summed E-state index contributed by atoms with van der Waals surface area (Å²) in [5.74, 6) is 1.42. The average Bonchev–Trinajstić information content (AvgIpc) is 3.72. The van der Waals surface area contributed by atoms with E-state index >= 15 is 0 Å². The normalized spacial score (nSPS) is 26.2. The molecule has 0 spiro atoms. The summed E-state index contributed by atoms with van der Waals surface area (Å²) >= 11 is 6.74. The van der Waals surface area contributed by atoms with E-state index in [4.69, 9.17) is 31.0 Å². The lowest BCUT2D eigenvalue weighted by molar-refractivity contribution is -0.135. The number of carbonyl (C=O) groups excluding carboxylic acids is 1. The highest BCUT2D eigenvalue weighted by molar-refractivity contribution is 6.36. The monoisotopic (exact) mass is 655 g/mol. The lowest BCUT2D eigenvalue weighted by atomic mass is 9.81. The molecule has 1 aromatic heterocycles. The topological polar surface area (TPSA) is 101 Å². The van der Waals surface area contributed by atoms with Crippen LogP contribution in [0.4, 0.5) is 11.5 Å². The van der Waals surface area contributed by atoms with Crippen molar-refractivity contribution in [3.05, 3.63) is 52.7 Å². The lowest BCUT2D eigenvalue weighted by Gasteiger charge is -2.42. The first kappa shape index (κ1) is 30.7. The van der Waals surface area contributed by atoms with Gasteiger partial charge in [0.2, 0.25) is 0 Å². The Bertz CT molecular complexity index is 1700. The Morgan fingerprint density at radius 2 is 1.89 bits per heavy atom. The second kappa shape index (κ2) is 12.8. The fourth-order valence-electron chi connectivity index (χ4n) is 8.05. The summed E-state index contributed by atoms with van der Waals surface area (Å²) in [5.41, 5.74) is 3.16. The van der Waals surface area contributed by atoms with Gasteiger partial charge in [0.1, 0.15) is 12.4 Å². The maximum atomic E-state index is 13.6. The fraction of sp³-hybridized carbons (Fsp3) is 0.556. The van der Waals surface area contributed by atoms with Gasteiger partial charge in [-0.15, -0.1) is 0 Å². The molecule has 47 heavy (non-hydrogen) atoms. The minimum Gasteiger partial charge on any atom is -0.462 e. The third kappa shape index (κ3) is 5.87. The zero-order valence-corrected chi connectivity index (χ0v) is 27.7. The van der Waals surface area contributed by atoms with Gasteiger partial charge in [0.25, 0.3) is 5.91 Å². The second-order valence-electron chi connectivity index (χ2n) is 13.8. The SMILES string of the molecule is CN1CCC[C@H]1COc1nc2c(c(N3CCN(C(=O)[C@@H]4O[C@H]4C4CCC4)[C@@H](CC#N)C3)n1)CCN(c1cccc3cccc(Cl)c13)C2. The molecular formula is C36H42ClN7O3. The van der Waals surface area contributed by atoms with Gasteiger partial charge >= 0.3 is 6.01 Å². The van der Waals surface area contributed by atoms with E-state index in [2.05, 4.69) is 52.1 Å². The predicted octanol–water partition coefficient (Wildman–Crippen LogP) is 4.82. The summed E-state index contributed by atoms with van der Waals surface area (Å²) in [5, 5.41) is 12.7. The van der Waals surface area contributed by atoms with Crippen LogP contribution in [0.25, 0.3) is 10.8 Å². The molecular weight excluding hydrogens is 614 g/mol. The number of likely N-dealkylation sites (tertiary alicyclic amines) is 1. The van der Waals surface area contributed by atoms with Gasteiger partial charge in [0.05, 0.1) is 41.9 Å². The largest absolute Gasteiger partial charge is 0.462 e. The summed E-state index contributed by atoms with van der Waals surface area (Å²) < 4.78 is 12.2. The summed E-state index contributed by atoms with van der Waals surface area (Å²) in [6.07, 6.45) is 6.53. The number of piperazine rings is 1. The van der Waals surface area contributed by atoms with E-state index in [0.29, 0.717) is 50.8 Å². The van der Waals surface area contributed by atoms with E-state index in [1.54, 1.807) is 0 Å². The molecule has 0 unspecified atom stereocenters. The Kier molecular flexibility index (Phi) is 8.32. The number of carbonyl (C=O) groups is 1. The molecule has 2 aromatic carbocycles. The minimum atomic E-state index is -0.345. The number of ether oxygens (including phenoxy) is 2. The molecule has 246 valence electrons. The number of epoxide rings is 1. The number of likely N-dealkylation sites (N-methyl/N-ethyl adjacent to an activating group) is 1. The number of halogens is 1. The Labute approximate surface area is 281 Å². The van der Waals surface area contributed by atoms with E-state index in [0.717, 1.165) is 77.3 Å². The Hall–Kier alpha value is -3.65. The van der Waals surface area contributed by atoms with Crippen molar-refractivity contribution in [3.8, 4) is 12.1 Å². The van der Waals surface area contributed by atoms with Crippen LogP contribution in [0.3, 0.4) is 0 Å². The highest BCUT2D eigenvalue weighted by Crippen LogP contribution is 2.43. The molecule has 0 bridgehead atoms. The predicted molar refractivity (Wildman–Crippen MR) is 181 cm³/mol. The molecule has 3 saturated heterocycles. The zero-order chi connectivity index (χ0) is 32.1. The van der Waals surface area contributed by atoms with E-state index < -0.39 is 0 Å². The Morgan fingerprint density at radius 3 is 2.66 bits per heavy atom. The van der Waals surface area contributed by atoms with Crippen LogP contribution >= 0.6 is 11.6 Å². The van der Waals surface area contributed by atoms with Crippen molar-refractivity contribution in [2.45, 2.75) is 75.8 Å². The first-order valence-electron chi connectivity index (χ1n) is 17.2. The minimum absolute atomic E-state index is 0.0422. The van der Waals surface area contributed by atoms with E-state index in [1.165, 1.54) is 12.8 Å². The second-order valence-corrected chi connectivity index (χ2v) is 14.2. The van der Waals surface area contributed by atoms with Gasteiger partial charge in [-0.3, -0.25) is 4.79 Å². The Balaban J connectivity index is 1.08. The van der Waals surface area contributed by atoms with Crippen LogP contribution in [0.1, 0.15) is 49.8 Å². The highest BCUT2D eigenvalue weighted by Gasteiger charge is 2.53. The smallest absolute Gasteiger partial charge is 0.318 e. The number of benzene rings is 2. The van der Waals surface area contributed by atoms with Crippen molar-refractivity contribution in [1.29, 1.82) is 5.26 Å². The third-order valence-electron chi connectivity index (χ3n) is 11.0. The molecule has 8 rings (SSSR count). The number of fused-ring (bicyclic) bond motifs is 2. The average molecular weight is 656 g/mol. The fourth-order valence-corrected chi connectivity index (χ4v) is 8.33. The van der Waals surface area contributed by atoms with Crippen molar-refractivity contribution in [3.63, 3.8) is 0 Å².